The molecule has 0 aromatic rings. The van der Waals surface area contributed by atoms with Crippen LogP contribution in [-0.2, 0) is 4.79 Å². The van der Waals surface area contributed by atoms with Gasteiger partial charge < -0.3 is 5.11 Å². The monoisotopic (exact) mass is 207 g/mol. The molecule has 2 aliphatic rings. The van der Waals surface area contributed by atoms with Crippen molar-refractivity contribution in [1.29, 1.82) is 0 Å². The normalized spacial score (nSPS) is 25.7. The molecule has 3 heteroatoms. The molecule has 3 nitrogen and oxygen atoms in total. The summed E-state index contributed by atoms with van der Waals surface area (Å²) in [6.45, 7) is 4.81. The predicted octanol–water partition coefficient (Wildman–Crippen LogP) is 2.42. The number of aliphatic imine (C=N–C) groups is 1. The fourth-order valence-electron chi connectivity index (χ4n) is 2.36. The molecule has 1 aliphatic carbocycles. The maximum absolute atomic E-state index is 11.9. The summed E-state index contributed by atoms with van der Waals surface area (Å²) in [7, 11) is 0. The molecule has 1 N–H and O–H groups in total. The Balaban J connectivity index is 2.34. The second-order valence-electron chi connectivity index (χ2n) is 5.19. The summed E-state index contributed by atoms with van der Waals surface area (Å²) < 4.78 is 0. The number of Topliss-reactive ketones (excluding diaryl/α,β-unsaturated/α-hetero) is 1. The summed E-state index contributed by atoms with van der Waals surface area (Å²) in [5.74, 6) is 0.307. The van der Waals surface area contributed by atoms with Crippen molar-refractivity contribution in [1.82, 2.24) is 0 Å². The van der Waals surface area contributed by atoms with Crippen LogP contribution in [0.15, 0.2) is 16.3 Å². The van der Waals surface area contributed by atoms with Crippen LogP contribution in [0.5, 0.6) is 0 Å². The van der Waals surface area contributed by atoms with E-state index in [1.165, 1.54) is 0 Å². The Morgan fingerprint density at radius 2 is 2.07 bits per heavy atom. The molecule has 82 valence electrons. The SMILES string of the molecule is CC1(C)CC(=O)C(C2=NCCC2)=C(O)C1. The summed E-state index contributed by atoms with van der Waals surface area (Å²) in [4.78, 5) is 16.2. The molecule has 1 aliphatic heterocycles. The van der Waals surface area contributed by atoms with Gasteiger partial charge in [0.15, 0.2) is 5.78 Å². The van der Waals surface area contributed by atoms with Gasteiger partial charge in [-0.2, -0.15) is 0 Å². The third kappa shape index (κ3) is 1.96. The third-order valence-corrected chi connectivity index (χ3v) is 3.02. The highest BCUT2D eigenvalue weighted by Gasteiger charge is 2.35. The number of carbonyl (C=O) groups excluding carboxylic acids is 1. The first kappa shape index (κ1) is 10.4. The first-order valence-corrected chi connectivity index (χ1v) is 5.49. The minimum atomic E-state index is -0.107. The quantitative estimate of drug-likeness (QED) is 0.717. The van der Waals surface area contributed by atoms with Crippen LogP contribution in [0, 0.1) is 5.41 Å². The number of aliphatic hydroxyl groups excluding tert-OH is 1. The summed E-state index contributed by atoms with van der Waals surface area (Å²) in [6, 6.07) is 0. The van der Waals surface area contributed by atoms with Crippen molar-refractivity contribution in [2.75, 3.05) is 6.54 Å². The van der Waals surface area contributed by atoms with Crippen LogP contribution < -0.4 is 0 Å². The highest BCUT2D eigenvalue weighted by molar-refractivity contribution is 6.23. The molecule has 0 atom stereocenters. The summed E-state index contributed by atoms with van der Waals surface area (Å²) in [5, 5.41) is 9.91. The number of ketones is 1. The van der Waals surface area contributed by atoms with Gasteiger partial charge in [0.2, 0.25) is 0 Å². The van der Waals surface area contributed by atoms with Crippen LogP contribution >= 0.6 is 0 Å². The lowest BCUT2D eigenvalue weighted by molar-refractivity contribution is -0.117. The molecule has 0 spiro atoms. The second kappa shape index (κ2) is 3.47. The Hall–Kier alpha value is -1.12. The van der Waals surface area contributed by atoms with Crippen LogP contribution in [0.25, 0.3) is 0 Å². The first-order chi connectivity index (χ1) is 6.99. The molecule has 0 aromatic carbocycles. The summed E-state index contributed by atoms with van der Waals surface area (Å²) >= 11 is 0. The van der Waals surface area contributed by atoms with Gasteiger partial charge in [0.1, 0.15) is 5.76 Å². The predicted molar refractivity (Wildman–Crippen MR) is 59.2 cm³/mol. The van der Waals surface area contributed by atoms with Crippen LogP contribution in [0.3, 0.4) is 0 Å². The lowest BCUT2D eigenvalue weighted by atomic mass is 9.75. The van der Waals surface area contributed by atoms with Crippen LogP contribution in [-0.4, -0.2) is 23.1 Å². The standard InChI is InChI=1S/C12H17NO2/c1-12(2)6-9(14)11(10(15)7-12)8-4-3-5-13-8/h14H,3-7H2,1-2H3. The first-order valence-electron chi connectivity index (χ1n) is 5.49. The molecular weight excluding hydrogens is 190 g/mol. The van der Waals surface area contributed by atoms with Gasteiger partial charge in [-0.05, 0) is 18.3 Å². The van der Waals surface area contributed by atoms with E-state index in [-0.39, 0.29) is 17.0 Å². The van der Waals surface area contributed by atoms with Crippen molar-refractivity contribution in [3.63, 3.8) is 0 Å². The number of carbonyl (C=O) groups is 1. The van der Waals surface area contributed by atoms with E-state index in [1.54, 1.807) is 0 Å². The topological polar surface area (TPSA) is 49.7 Å². The van der Waals surface area contributed by atoms with Gasteiger partial charge in [-0.1, -0.05) is 13.8 Å². The zero-order chi connectivity index (χ0) is 11.1. The van der Waals surface area contributed by atoms with E-state index in [9.17, 15) is 9.90 Å². The van der Waals surface area contributed by atoms with Crippen molar-refractivity contribution in [3.05, 3.63) is 11.3 Å². The molecule has 2 rings (SSSR count). The minimum absolute atomic E-state index is 0.0596. The molecule has 0 amide bonds. The molecular formula is C12H17NO2. The van der Waals surface area contributed by atoms with E-state index in [4.69, 9.17) is 0 Å². The Morgan fingerprint density at radius 3 is 2.60 bits per heavy atom. The number of aliphatic hydroxyl groups is 1. The highest BCUT2D eigenvalue weighted by atomic mass is 16.3. The number of rotatable bonds is 1. The summed E-state index contributed by atoms with van der Waals surface area (Å²) in [6.07, 6.45) is 2.95. The van der Waals surface area contributed by atoms with E-state index >= 15 is 0 Å². The van der Waals surface area contributed by atoms with Crippen molar-refractivity contribution in [3.8, 4) is 0 Å². The number of hydrogen-bond donors (Lipinski definition) is 1. The van der Waals surface area contributed by atoms with Gasteiger partial charge in [0.05, 0.1) is 5.57 Å². The van der Waals surface area contributed by atoms with Crippen LogP contribution in [0.1, 0.15) is 39.5 Å². The van der Waals surface area contributed by atoms with E-state index < -0.39 is 0 Å². The van der Waals surface area contributed by atoms with Gasteiger partial charge in [-0.15, -0.1) is 0 Å². The highest BCUT2D eigenvalue weighted by Crippen LogP contribution is 2.37. The zero-order valence-corrected chi connectivity index (χ0v) is 9.34. The largest absolute Gasteiger partial charge is 0.511 e. The van der Waals surface area contributed by atoms with Crippen LogP contribution in [0.4, 0.5) is 0 Å². The Labute approximate surface area is 89.9 Å². The summed E-state index contributed by atoms with van der Waals surface area (Å²) in [5.41, 5.74) is 1.24. The molecule has 1 heterocycles. The second-order valence-corrected chi connectivity index (χ2v) is 5.19. The maximum atomic E-state index is 11.9. The lowest BCUT2D eigenvalue weighted by Crippen LogP contribution is -2.28. The molecule has 0 unspecified atom stereocenters. The van der Waals surface area contributed by atoms with Gasteiger partial charge >= 0.3 is 0 Å². The molecule has 0 saturated carbocycles. The van der Waals surface area contributed by atoms with E-state index in [1.807, 2.05) is 13.8 Å². The molecule has 0 aromatic heterocycles. The average Bonchev–Trinajstić information content (AvgIpc) is 2.52. The van der Waals surface area contributed by atoms with Crippen molar-refractivity contribution in [2.45, 2.75) is 39.5 Å². The number of nitrogens with zero attached hydrogens (tertiary/aromatic N) is 1. The number of hydrogen-bond acceptors (Lipinski definition) is 3. The third-order valence-electron chi connectivity index (χ3n) is 3.02. The van der Waals surface area contributed by atoms with Gasteiger partial charge in [-0.25, -0.2) is 0 Å². The maximum Gasteiger partial charge on any atom is 0.168 e. The van der Waals surface area contributed by atoms with Crippen molar-refractivity contribution >= 4 is 11.5 Å². The minimum Gasteiger partial charge on any atom is -0.511 e. The smallest absolute Gasteiger partial charge is 0.168 e. The molecule has 0 radical (unpaired) electrons. The van der Waals surface area contributed by atoms with Gasteiger partial charge in [-0.3, -0.25) is 9.79 Å². The van der Waals surface area contributed by atoms with Crippen molar-refractivity contribution < 1.29 is 9.90 Å². The van der Waals surface area contributed by atoms with E-state index in [0.29, 0.717) is 18.4 Å². The molecule has 0 saturated heterocycles. The Bertz CT molecular complexity index is 364. The van der Waals surface area contributed by atoms with Crippen LogP contribution in [0.2, 0.25) is 0 Å². The average molecular weight is 207 g/mol. The molecule has 0 fully saturated rings. The van der Waals surface area contributed by atoms with Gasteiger partial charge in [0, 0.05) is 25.1 Å². The van der Waals surface area contributed by atoms with E-state index in [2.05, 4.69) is 4.99 Å². The zero-order valence-electron chi connectivity index (χ0n) is 9.34. The fraction of sp³-hybridized carbons (Fsp3) is 0.667. The number of allylic oxidation sites excluding steroid dienone is 2. The molecule has 15 heavy (non-hydrogen) atoms. The fourth-order valence-corrected chi connectivity index (χ4v) is 2.36. The Morgan fingerprint density at radius 1 is 1.33 bits per heavy atom. The lowest BCUT2D eigenvalue weighted by Gasteiger charge is -2.29. The van der Waals surface area contributed by atoms with E-state index in [0.717, 1.165) is 25.1 Å². The van der Waals surface area contributed by atoms with Crippen molar-refractivity contribution in [2.24, 2.45) is 10.4 Å². The Kier molecular flexibility index (Phi) is 2.41. The molecule has 0 bridgehead atoms. The van der Waals surface area contributed by atoms with Gasteiger partial charge in [0.25, 0.3) is 0 Å².